The summed E-state index contributed by atoms with van der Waals surface area (Å²) in [5.74, 6) is -6.10. The second-order valence-corrected chi connectivity index (χ2v) is 9.06. The fourth-order valence-electron chi connectivity index (χ4n) is 4.87. The van der Waals surface area contributed by atoms with E-state index in [1.807, 2.05) is 48.5 Å². The Balaban J connectivity index is 1.49. The number of halogens is 2. The highest BCUT2D eigenvalue weighted by Crippen LogP contribution is 2.44. The molecule has 2 unspecified atom stereocenters. The van der Waals surface area contributed by atoms with Crippen LogP contribution in [-0.2, 0) is 19.1 Å². The fraction of sp³-hybridized carbons (Fsp3) is 0.400. The maximum Gasteiger partial charge on any atom is 0.408 e. The van der Waals surface area contributed by atoms with Gasteiger partial charge in [0, 0.05) is 19.4 Å². The third-order valence-corrected chi connectivity index (χ3v) is 6.44. The number of amides is 2. The first-order valence-electron chi connectivity index (χ1n) is 11.1. The summed E-state index contributed by atoms with van der Waals surface area (Å²) in [7, 11) is 1.28. The number of alkyl halides is 2. The predicted molar refractivity (Wildman–Crippen MR) is 121 cm³/mol. The summed E-state index contributed by atoms with van der Waals surface area (Å²) in [6.45, 7) is -0.162. The molecule has 0 aromatic heterocycles. The number of benzene rings is 2. The predicted octanol–water partition coefficient (Wildman–Crippen LogP) is 3.25. The summed E-state index contributed by atoms with van der Waals surface area (Å²) < 4.78 is 38.4. The van der Waals surface area contributed by atoms with Crippen LogP contribution in [0.1, 0.15) is 30.4 Å². The molecule has 10 heteroatoms. The van der Waals surface area contributed by atoms with Crippen LogP contribution in [-0.4, -0.2) is 72.3 Å². The lowest BCUT2D eigenvalue weighted by Gasteiger charge is -2.34. The van der Waals surface area contributed by atoms with Gasteiger partial charge in [-0.3, -0.25) is 4.79 Å². The third-order valence-electron chi connectivity index (χ3n) is 6.44. The number of methoxy groups -OCH3 is 1. The topological polar surface area (TPSA) is 105 Å². The molecule has 2 aromatic carbocycles. The van der Waals surface area contributed by atoms with Gasteiger partial charge in [-0.2, -0.15) is 0 Å². The highest BCUT2D eigenvalue weighted by atomic mass is 19.3. The maximum atomic E-state index is 13.9. The molecule has 1 aliphatic heterocycles. The zero-order chi connectivity index (χ0) is 25.4. The minimum absolute atomic E-state index is 0.0172. The number of rotatable bonds is 7. The van der Waals surface area contributed by atoms with Crippen molar-refractivity contribution >= 4 is 18.0 Å². The van der Waals surface area contributed by atoms with Crippen molar-refractivity contribution in [3.8, 4) is 11.1 Å². The summed E-state index contributed by atoms with van der Waals surface area (Å²) in [5.41, 5.74) is 2.28. The van der Waals surface area contributed by atoms with Crippen LogP contribution in [0, 0.1) is 0 Å². The van der Waals surface area contributed by atoms with Crippen molar-refractivity contribution in [1.29, 1.82) is 0 Å². The van der Waals surface area contributed by atoms with E-state index in [2.05, 4.69) is 5.32 Å². The number of likely N-dealkylation sites (tertiary alicyclic amines) is 1. The van der Waals surface area contributed by atoms with Gasteiger partial charge in [-0.05, 0) is 29.2 Å². The van der Waals surface area contributed by atoms with Crippen LogP contribution in [0.3, 0.4) is 0 Å². The average molecular weight is 488 g/mol. The number of fused-ring (bicyclic) bond motifs is 3. The van der Waals surface area contributed by atoms with Gasteiger partial charge in [0.05, 0.1) is 13.2 Å². The molecule has 1 aliphatic carbocycles. The number of nitrogens with one attached hydrogen (secondary N) is 1. The van der Waals surface area contributed by atoms with Crippen molar-refractivity contribution in [2.75, 3.05) is 26.9 Å². The minimum Gasteiger partial charge on any atom is -0.480 e. The van der Waals surface area contributed by atoms with E-state index in [0.717, 1.165) is 22.3 Å². The van der Waals surface area contributed by atoms with Gasteiger partial charge >= 0.3 is 12.1 Å². The summed E-state index contributed by atoms with van der Waals surface area (Å²) in [6, 6.07) is 13.9. The number of carboxylic acid groups (broad SMARTS) is 1. The number of hydrogen-bond acceptors (Lipinski definition) is 5. The first kappa shape index (κ1) is 24.6. The Kier molecular flexibility index (Phi) is 6.50. The maximum absolute atomic E-state index is 13.9. The molecule has 2 N–H and O–H groups in total. The SMILES string of the molecule is COCC(C)(NC(=O)OCC1c2ccccc2-c2ccccc21)C(=O)N1CC(F)(F)CC1C(=O)O. The Morgan fingerprint density at radius 1 is 1.11 bits per heavy atom. The molecule has 1 fully saturated rings. The standard InChI is InChI=1S/C25H26F2N2O6/c1-24(14-34-2,22(32)29-13-25(26,27)11-20(29)21(30)31)28-23(33)35-12-19-17-9-5-3-7-15(17)16-8-4-6-10-18(16)19/h3-10,19-20H,11-14H2,1-2H3,(H,28,33)(H,30,31). The van der Waals surface area contributed by atoms with Gasteiger partial charge in [0.25, 0.3) is 11.8 Å². The van der Waals surface area contributed by atoms with Crippen molar-refractivity contribution in [3.63, 3.8) is 0 Å². The van der Waals surface area contributed by atoms with Gasteiger partial charge < -0.3 is 24.8 Å². The molecule has 8 nitrogen and oxygen atoms in total. The number of carbonyl (C=O) groups is 3. The van der Waals surface area contributed by atoms with E-state index in [0.29, 0.717) is 4.90 Å². The number of nitrogens with zero attached hydrogens (tertiary/aromatic N) is 1. The number of aliphatic carboxylic acids is 1. The second-order valence-electron chi connectivity index (χ2n) is 9.06. The van der Waals surface area contributed by atoms with Crippen molar-refractivity contribution in [3.05, 3.63) is 59.7 Å². The second kappa shape index (κ2) is 9.26. The van der Waals surface area contributed by atoms with Gasteiger partial charge in [-0.25, -0.2) is 18.4 Å². The zero-order valence-corrected chi connectivity index (χ0v) is 19.3. The van der Waals surface area contributed by atoms with Crippen LogP contribution in [0.15, 0.2) is 48.5 Å². The van der Waals surface area contributed by atoms with E-state index >= 15 is 0 Å². The molecule has 0 spiro atoms. The van der Waals surface area contributed by atoms with Gasteiger partial charge in [0.1, 0.15) is 18.2 Å². The monoisotopic (exact) mass is 488 g/mol. The van der Waals surface area contributed by atoms with Gasteiger partial charge in [0.2, 0.25) is 0 Å². The van der Waals surface area contributed by atoms with E-state index in [4.69, 9.17) is 9.47 Å². The molecule has 35 heavy (non-hydrogen) atoms. The molecule has 2 aliphatic rings. The van der Waals surface area contributed by atoms with Crippen LogP contribution in [0.5, 0.6) is 0 Å². The van der Waals surface area contributed by atoms with Crippen molar-refractivity contribution in [2.24, 2.45) is 0 Å². The number of carbonyl (C=O) groups excluding carboxylic acids is 2. The smallest absolute Gasteiger partial charge is 0.408 e. The van der Waals surface area contributed by atoms with Crippen LogP contribution in [0.25, 0.3) is 11.1 Å². The van der Waals surface area contributed by atoms with Crippen LogP contribution in [0.2, 0.25) is 0 Å². The van der Waals surface area contributed by atoms with Gasteiger partial charge in [-0.1, -0.05) is 48.5 Å². The zero-order valence-electron chi connectivity index (χ0n) is 19.3. The molecule has 186 valence electrons. The molecule has 1 saturated heterocycles. The largest absolute Gasteiger partial charge is 0.480 e. The number of hydrogen-bond donors (Lipinski definition) is 2. The molecular weight excluding hydrogens is 462 g/mol. The summed E-state index contributed by atoms with van der Waals surface area (Å²) in [5, 5.41) is 11.8. The number of ether oxygens (including phenoxy) is 2. The number of alkyl carbamates (subject to hydrolysis) is 1. The van der Waals surface area contributed by atoms with E-state index in [1.54, 1.807) is 0 Å². The molecular formula is C25H26F2N2O6. The molecule has 0 bridgehead atoms. The van der Waals surface area contributed by atoms with Crippen LogP contribution < -0.4 is 5.32 Å². The minimum atomic E-state index is -3.35. The van der Waals surface area contributed by atoms with Crippen LogP contribution in [0.4, 0.5) is 13.6 Å². The summed E-state index contributed by atoms with van der Waals surface area (Å²) in [4.78, 5) is 38.0. The Hall–Kier alpha value is -3.53. The molecule has 2 atom stereocenters. The van der Waals surface area contributed by atoms with E-state index < -0.39 is 48.4 Å². The van der Waals surface area contributed by atoms with Crippen molar-refractivity contribution in [2.45, 2.75) is 36.8 Å². The quantitative estimate of drug-likeness (QED) is 0.620. The van der Waals surface area contributed by atoms with Gasteiger partial charge in [0.15, 0.2) is 0 Å². The first-order valence-corrected chi connectivity index (χ1v) is 11.1. The Labute approximate surface area is 200 Å². The van der Waals surface area contributed by atoms with Crippen molar-refractivity contribution < 1.29 is 37.7 Å². The molecule has 0 saturated carbocycles. The fourth-order valence-corrected chi connectivity index (χ4v) is 4.87. The molecule has 4 rings (SSSR count). The van der Waals surface area contributed by atoms with Crippen molar-refractivity contribution in [1.82, 2.24) is 10.2 Å². The van der Waals surface area contributed by atoms with Gasteiger partial charge in [-0.15, -0.1) is 0 Å². The number of carboxylic acids is 1. The Bertz CT molecular complexity index is 1110. The van der Waals surface area contributed by atoms with E-state index in [1.165, 1.54) is 14.0 Å². The Morgan fingerprint density at radius 2 is 1.69 bits per heavy atom. The highest BCUT2D eigenvalue weighted by Gasteiger charge is 2.54. The highest BCUT2D eigenvalue weighted by molar-refractivity contribution is 5.93. The summed E-state index contributed by atoms with van der Waals surface area (Å²) >= 11 is 0. The van der Waals surface area contributed by atoms with Crippen LogP contribution >= 0.6 is 0 Å². The first-order chi connectivity index (χ1) is 16.6. The lowest BCUT2D eigenvalue weighted by Crippen LogP contribution is -2.62. The Morgan fingerprint density at radius 3 is 2.23 bits per heavy atom. The normalized spacial score (nSPS) is 20.0. The molecule has 0 radical (unpaired) electrons. The molecule has 2 aromatic rings. The molecule has 2 amide bonds. The molecule has 1 heterocycles. The van der Waals surface area contributed by atoms with E-state index in [9.17, 15) is 28.3 Å². The third kappa shape index (κ3) is 4.70. The lowest BCUT2D eigenvalue weighted by molar-refractivity contribution is -0.151. The lowest BCUT2D eigenvalue weighted by atomic mass is 9.98. The van der Waals surface area contributed by atoms with E-state index in [-0.39, 0.29) is 19.1 Å². The average Bonchev–Trinajstić information content (AvgIpc) is 3.31. The summed E-state index contributed by atoms with van der Waals surface area (Å²) in [6.07, 6.45) is -1.94.